The van der Waals surface area contributed by atoms with Crippen molar-refractivity contribution in [1.29, 1.82) is 5.26 Å². The highest BCUT2D eigenvalue weighted by molar-refractivity contribution is 7.96. The number of hydrazine groups is 1. The average Bonchev–Trinajstić information content (AvgIpc) is 2.19. The minimum atomic E-state index is -0.0641. The third-order valence-electron chi connectivity index (χ3n) is 1.40. The summed E-state index contributed by atoms with van der Waals surface area (Å²) in [5.74, 6) is 0. The van der Waals surface area contributed by atoms with E-state index in [1.807, 2.05) is 5.01 Å². The highest BCUT2D eigenvalue weighted by Gasteiger charge is 2.08. The smallest absolute Gasteiger partial charge is 0.216 e. The summed E-state index contributed by atoms with van der Waals surface area (Å²) < 4.78 is 8.82. The summed E-state index contributed by atoms with van der Waals surface area (Å²) in [5, 5.41) is 10.2. The predicted octanol–water partition coefficient (Wildman–Crippen LogP) is 0.547. The molecule has 0 saturated carbocycles. The van der Waals surface area contributed by atoms with Crippen LogP contribution < -0.4 is 4.83 Å². The van der Waals surface area contributed by atoms with Gasteiger partial charge in [0.15, 0.2) is 0 Å². The Balaban J connectivity index is 2.15. The first-order valence-electron chi connectivity index (χ1n) is 3.71. The second kappa shape index (κ2) is 6.18. The molecule has 7 heteroatoms. The van der Waals surface area contributed by atoms with Gasteiger partial charge >= 0.3 is 0 Å². The molecule has 0 radical (unpaired) electrons. The minimum absolute atomic E-state index is 0.0641. The van der Waals surface area contributed by atoms with Crippen LogP contribution in [0.4, 0.5) is 0 Å². The first-order valence-corrected chi connectivity index (χ1v) is 4.86. The molecule has 1 aliphatic heterocycles. The zero-order chi connectivity index (χ0) is 9.52. The number of nitrogens with one attached hydrogen (secondary N) is 1. The molecule has 1 saturated heterocycles. The van der Waals surface area contributed by atoms with Gasteiger partial charge in [0.05, 0.1) is 25.3 Å². The van der Waals surface area contributed by atoms with Gasteiger partial charge in [-0.2, -0.15) is 14.5 Å². The van der Waals surface area contributed by atoms with Crippen LogP contribution in [0.3, 0.4) is 0 Å². The summed E-state index contributed by atoms with van der Waals surface area (Å²) in [4.78, 5) is 2.93. The number of rotatable bonds is 3. The lowest BCUT2D eigenvalue weighted by atomic mass is 10.5. The zero-order valence-corrected chi connectivity index (χ0v) is 8.44. The van der Waals surface area contributed by atoms with E-state index >= 15 is 0 Å². The first kappa shape index (κ1) is 10.8. The summed E-state index contributed by atoms with van der Waals surface area (Å²) in [6.07, 6.45) is 0. The fraction of sp³-hybridized carbons (Fsp3) is 0.667. The molecular formula is C6H9ClN4OS. The number of hydrogen-bond donors (Lipinski definition) is 1. The van der Waals surface area contributed by atoms with Crippen molar-refractivity contribution in [3.05, 3.63) is 0 Å². The maximum Gasteiger partial charge on any atom is 0.216 e. The maximum absolute atomic E-state index is 8.28. The van der Waals surface area contributed by atoms with Crippen molar-refractivity contribution in [1.82, 2.24) is 9.84 Å². The second-order valence-corrected chi connectivity index (χ2v) is 3.18. The lowest BCUT2D eigenvalue weighted by molar-refractivity contribution is 0.0290. The van der Waals surface area contributed by atoms with Crippen molar-refractivity contribution in [2.75, 3.05) is 26.3 Å². The Labute approximate surface area is 85.9 Å². The van der Waals surface area contributed by atoms with Crippen LogP contribution in [0.15, 0.2) is 4.40 Å². The van der Waals surface area contributed by atoms with Gasteiger partial charge in [-0.25, -0.2) is 5.01 Å². The Kier molecular flexibility index (Phi) is 5.12. The molecule has 0 amide bonds. The Bertz CT molecular complexity index is 223. The molecule has 0 spiro atoms. The molecule has 72 valence electrons. The number of ether oxygens (including phenoxy) is 1. The van der Waals surface area contributed by atoms with Gasteiger partial charge in [-0.1, -0.05) is 0 Å². The van der Waals surface area contributed by atoms with Gasteiger partial charge in [0.25, 0.3) is 0 Å². The SMILES string of the molecule is N#CC(Cl)=NSNN1CCOCC1. The number of halogens is 1. The molecule has 0 atom stereocenters. The fourth-order valence-electron chi connectivity index (χ4n) is 0.793. The van der Waals surface area contributed by atoms with Gasteiger partial charge in [-0.05, 0) is 11.6 Å². The Morgan fingerprint density at radius 2 is 2.31 bits per heavy atom. The summed E-state index contributed by atoms with van der Waals surface area (Å²) in [6, 6.07) is 1.71. The molecule has 0 aromatic carbocycles. The molecule has 1 fully saturated rings. The average molecular weight is 221 g/mol. The van der Waals surface area contributed by atoms with E-state index in [1.165, 1.54) is 0 Å². The van der Waals surface area contributed by atoms with Crippen molar-refractivity contribution in [2.45, 2.75) is 0 Å². The van der Waals surface area contributed by atoms with E-state index in [-0.39, 0.29) is 5.17 Å². The summed E-state index contributed by atoms with van der Waals surface area (Å²) in [6.45, 7) is 3.05. The maximum atomic E-state index is 8.28. The van der Waals surface area contributed by atoms with Crippen molar-refractivity contribution in [3.8, 4) is 6.07 Å². The molecule has 1 rings (SSSR count). The predicted molar refractivity (Wildman–Crippen MR) is 52.0 cm³/mol. The Hall–Kier alpha value is -0.320. The fourth-order valence-corrected chi connectivity index (χ4v) is 1.36. The van der Waals surface area contributed by atoms with Gasteiger partial charge in [-0.3, -0.25) is 0 Å². The normalized spacial score (nSPS) is 19.8. The van der Waals surface area contributed by atoms with Crippen LogP contribution in [0.1, 0.15) is 0 Å². The second-order valence-electron chi connectivity index (χ2n) is 2.28. The monoisotopic (exact) mass is 220 g/mol. The number of nitrogens with zero attached hydrogens (tertiary/aromatic N) is 3. The van der Waals surface area contributed by atoms with Gasteiger partial charge in [-0.15, -0.1) is 0 Å². The van der Waals surface area contributed by atoms with Crippen molar-refractivity contribution in [3.63, 3.8) is 0 Å². The summed E-state index contributed by atoms with van der Waals surface area (Å²) in [7, 11) is 0. The molecule has 0 aliphatic carbocycles. The van der Waals surface area contributed by atoms with E-state index < -0.39 is 0 Å². The highest BCUT2D eigenvalue weighted by Crippen LogP contribution is 2.02. The molecule has 1 heterocycles. The summed E-state index contributed by atoms with van der Waals surface area (Å²) in [5.41, 5.74) is 0. The van der Waals surface area contributed by atoms with E-state index in [2.05, 4.69) is 9.23 Å². The third-order valence-corrected chi connectivity index (χ3v) is 2.28. The standard InChI is InChI=1S/C6H9ClN4OS/c7-6(5-8)9-13-10-11-1-3-12-4-2-11/h10H,1-4H2. The van der Waals surface area contributed by atoms with Crippen molar-refractivity contribution >= 4 is 28.9 Å². The molecule has 1 N–H and O–H groups in total. The van der Waals surface area contributed by atoms with Crippen LogP contribution in [0.25, 0.3) is 0 Å². The van der Waals surface area contributed by atoms with E-state index in [9.17, 15) is 0 Å². The Morgan fingerprint density at radius 1 is 1.62 bits per heavy atom. The van der Waals surface area contributed by atoms with Crippen LogP contribution >= 0.6 is 23.7 Å². The van der Waals surface area contributed by atoms with E-state index in [4.69, 9.17) is 21.6 Å². The lowest BCUT2D eigenvalue weighted by Crippen LogP contribution is -2.42. The molecular weight excluding hydrogens is 212 g/mol. The van der Waals surface area contributed by atoms with Crippen LogP contribution in [0.2, 0.25) is 0 Å². The quantitative estimate of drug-likeness (QED) is 0.556. The topological polar surface area (TPSA) is 60.7 Å². The van der Waals surface area contributed by atoms with E-state index in [0.29, 0.717) is 13.2 Å². The molecule has 0 unspecified atom stereocenters. The van der Waals surface area contributed by atoms with Crippen molar-refractivity contribution in [2.24, 2.45) is 4.40 Å². The van der Waals surface area contributed by atoms with Crippen molar-refractivity contribution < 1.29 is 4.74 Å². The number of hydrogen-bond acceptors (Lipinski definition) is 6. The molecule has 5 nitrogen and oxygen atoms in total. The van der Waals surface area contributed by atoms with Crippen LogP contribution in [-0.2, 0) is 4.74 Å². The van der Waals surface area contributed by atoms with Crippen LogP contribution in [-0.4, -0.2) is 36.5 Å². The third kappa shape index (κ3) is 4.45. The lowest BCUT2D eigenvalue weighted by Gasteiger charge is -2.25. The van der Waals surface area contributed by atoms with Crippen LogP contribution in [0.5, 0.6) is 0 Å². The summed E-state index contributed by atoms with van der Waals surface area (Å²) >= 11 is 6.41. The van der Waals surface area contributed by atoms with E-state index in [1.54, 1.807) is 6.07 Å². The van der Waals surface area contributed by atoms with Gasteiger partial charge < -0.3 is 4.74 Å². The molecule has 1 aliphatic rings. The number of morpholine rings is 1. The zero-order valence-electron chi connectivity index (χ0n) is 6.86. The van der Waals surface area contributed by atoms with Crippen LogP contribution in [0, 0.1) is 11.3 Å². The molecule has 13 heavy (non-hydrogen) atoms. The highest BCUT2D eigenvalue weighted by atomic mass is 35.5. The molecule has 0 bridgehead atoms. The van der Waals surface area contributed by atoms with Gasteiger partial charge in [0.2, 0.25) is 5.17 Å². The molecule has 0 aromatic rings. The Morgan fingerprint density at radius 3 is 2.92 bits per heavy atom. The molecule has 0 aromatic heterocycles. The van der Waals surface area contributed by atoms with Gasteiger partial charge in [0, 0.05) is 13.1 Å². The first-order chi connectivity index (χ1) is 6.33. The van der Waals surface area contributed by atoms with E-state index in [0.717, 1.165) is 25.2 Å². The van der Waals surface area contributed by atoms with Gasteiger partial charge in [0.1, 0.15) is 6.07 Å². The minimum Gasteiger partial charge on any atom is -0.379 e. The largest absolute Gasteiger partial charge is 0.379 e. The number of nitriles is 1.